The molecule has 0 saturated carbocycles. The molecule has 2 heteroatoms. The van der Waals surface area contributed by atoms with Gasteiger partial charge in [0.1, 0.15) is 6.61 Å². The van der Waals surface area contributed by atoms with E-state index in [0.717, 1.165) is 6.42 Å². The Bertz CT molecular complexity index is 316. The van der Waals surface area contributed by atoms with E-state index < -0.39 is 0 Å². The minimum Gasteiger partial charge on any atom is -0.461 e. The summed E-state index contributed by atoms with van der Waals surface area (Å²) in [5, 5.41) is 0. The molecule has 0 spiro atoms. The van der Waals surface area contributed by atoms with Crippen molar-refractivity contribution >= 4 is 0 Å². The highest BCUT2D eigenvalue weighted by molar-refractivity contribution is 5.19. The number of allylic oxidation sites excluding steroid dienone is 1. The Labute approximate surface area is 84.2 Å². The minimum absolute atomic E-state index is 0.0639. The second kappa shape index (κ2) is 4.18. The summed E-state index contributed by atoms with van der Waals surface area (Å²) in [6.07, 6.45) is 2.97. The Hall–Kier alpha value is -1.44. The van der Waals surface area contributed by atoms with E-state index in [9.17, 15) is 0 Å². The van der Waals surface area contributed by atoms with Crippen molar-refractivity contribution in [1.82, 2.24) is 0 Å². The molecule has 1 aliphatic rings. The van der Waals surface area contributed by atoms with Crippen LogP contribution in [-0.2, 0) is 9.47 Å². The number of hydrogen-bond donors (Lipinski definition) is 0. The fourth-order valence-electron chi connectivity index (χ4n) is 1.47. The van der Waals surface area contributed by atoms with Crippen molar-refractivity contribution in [2.24, 2.45) is 0 Å². The predicted octanol–water partition coefficient (Wildman–Crippen LogP) is 3.03. The summed E-state index contributed by atoms with van der Waals surface area (Å²) in [5.41, 5.74) is 1.17. The SMILES string of the molecule is CCC=C1OCC(c2ccccc2)O1. The maximum Gasteiger partial charge on any atom is 0.275 e. The first-order chi connectivity index (χ1) is 6.90. The third-order valence-electron chi connectivity index (χ3n) is 2.18. The van der Waals surface area contributed by atoms with Gasteiger partial charge in [-0.2, -0.15) is 0 Å². The lowest BCUT2D eigenvalue weighted by Gasteiger charge is -2.06. The van der Waals surface area contributed by atoms with Crippen molar-refractivity contribution in [1.29, 1.82) is 0 Å². The molecule has 1 heterocycles. The van der Waals surface area contributed by atoms with Gasteiger partial charge in [-0.3, -0.25) is 0 Å². The summed E-state index contributed by atoms with van der Waals surface area (Å²) in [7, 11) is 0. The molecule has 0 N–H and O–H groups in total. The van der Waals surface area contributed by atoms with Crippen LogP contribution in [0.15, 0.2) is 42.4 Å². The van der Waals surface area contributed by atoms with Gasteiger partial charge in [-0.05, 0) is 18.1 Å². The van der Waals surface area contributed by atoms with E-state index in [1.54, 1.807) is 0 Å². The van der Waals surface area contributed by atoms with E-state index in [1.165, 1.54) is 5.56 Å². The molecule has 0 aliphatic carbocycles. The highest BCUT2D eigenvalue weighted by Crippen LogP contribution is 2.28. The largest absolute Gasteiger partial charge is 0.461 e. The first-order valence-corrected chi connectivity index (χ1v) is 4.94. The van der Waals surface area contributed by atoms with Crippen LogP contribution >= 0.6 is 0 Å². The zero-order chi connectivity index (χ0) is 9.80. The van der Waals surface area contributed by atoms with Crippen LogP contribution in [0.3, 0.4) is 0 Å². The fraction of sp³-hybridized carbons (Fsp3) is 0.333. The normalized spacial score (nSPS) is 23.2. The molecule has 1 aliphatic heterocycles. The summed E-state index contributed by atoms with van der Waals surface area (Å²) >= 11 is 0. The lowest BCUT2D eigenvalue weighted by molar-refractivity contribution is 0.141. The van der Waals surface area contributed by atoms with Crippen LogP contribution in [0.5, 0.6) is 0 Å². The maximum atomic E-state index is 5.63. The Morgan fingerprint density at radius 1 is 1.36 bits per heavy atom. The van der Waals surface area contributed by atoms with Gasteiger partial charge in [-0.1, -0.05) is 37.3 Å². The summed E-state index contributed by atoms with van der Waals surface area (Å²) < 4.78 is 11.0. The van der Waals surface area contributed by atoms with Crippen LogP contribution in [0.25, 0.3) is 0 Å². The third kappa shape index (κ3) is 1.90. The highest BCUT2D eigenvalue weighted by atomic mass is 16.7. The zero-order valence-corrected chi connectivity index (χ0v) is 8.27. The standard InChI is InChI=1S/C12H14O2/c1-2-6-12-13-9-11(14-12)10-7-4-3-5-8-10/h3-8,11H,2,9H2,1H3. The molecule has 1 aromatic carbocycles. The summed E-state index contributed by atoms with van der Waals surface area (Å²) in [5.74, 6) is 0.668. The Balaban J connectivity index is 2.06. The van der Waals surface area contributed by atoms with Crippen molar-refractivity contribution in [3.8, 4) is 0 Å². The Morgan fingerprint density at radius 2 is 2.14 bits per heavy atom. The van der Waals surface area contributed by atoms with Crippen molar-refractivity contribution in [2.75, 3.05) is 6.61 Å². The van der Waals surface area contributed by atoms with Gasteiger partial charge >= 0.3 is 0 Å². The van der Waals surface area contributed by atoms with Gasteiger partial charge in [-0.25, -0.2) is 0 Å². The Morgan fingerprint density at radius 3 is 2.86 bits per heavy atom. The highest BCUT2D eigenvalue weighted by Gasteiger charge is 2.22. The molecule has 2 nitrogen and oxygen atoms in total. The lowest BCUT2D eigenvalue weighted by Crippen LogP contribution is -1.98. The van der Waals surface area contributed by atoms with Gasteiger partial charge in [0.05, 0.1) is 0 Å². The topological polar surface area (TPSA) is 18.5 Å². The average molecular weight is 190 g/mol. The number of rotatable bonds is 2. The molecule has 1 saturated heterocycles. The van der Waals surface area contributed by atoms with Gasteiger partial charge in [0.15, 0.2) is 6.10 Å². The summed E-state index contributed by atoms with van der Waals surface area (Å²) in [4.78, 5) is 0. The third-order valence-corrected chi connectivity index (χ3v) is 2.18. The molecule has 74 valence electrons. The van der Waals surface area contributed by atoms with Crippen LogP contribution in [0.1, 0.15) is 25.0 Å². The molecular weight excluding hydrogens is 176 g/mol. The first-order valence-electron chi connectivity index (χ1n) is 4.94. The number of hydrogen-bond acceptors (Lipinski definition) is 2. The molecule has 14 heavy (non-hydrogen) atoms. The second-order valence-electron chi connectivity index (χ2n) is 3.26. The molecule has 1 atom stereocenters. The quantitative estimate of drug-likeness (QED) is 0.713. The van der Waals surface area contributed by atoms with E-state index in [1.807, 2.05) is 24.3 Å². The van der Waals surface area contributed by atoms with Gasteiger partial charge in [0.25, 0.3) is 5.95 Å². The van der Waals surface area contributed by atoms with E-state index in [4.69, 9.17) is 9.47 Å². The van der Waals surface area contributed by atoms with Gasteiger partial charge in [0, 0.05) is 0 Å². The number of ether oxygens (including phenoxy) is 2. The summed E-state index contributed by atoms with van der Waals surface area (Å²) in [6.45, 7) is 2.69. The van der Waals surface area contributed by atoms with E-state index in [2.05, 4.69) is 19.1 Å². The monoisotopic (exact) mass is 190 g/mol. The van der Waals surface area contributed by atoms with E-state index >= 15 is 0 Å². The van der Waals surface area contributed by atoms with Gasteiger partial charge in [0.2, 0.25) is 0 Å². The fourth-order valence-corrected chi connectivity index (χ4v) is 1.47. The van der Waals surface area contributed by atoms with E-state index in [0.29, 0.717) is 12.6 Å². The van der Waals surface area contributed by atoms with Crippen molar-refractivity contribution < 1.29 is 9.47 Å². The van der Waals surface area contributed by atoms with Crippen molar-refractivity contribution in [2.45, 2.75) is 19.4 Å². The lowest BCUT2D eigenvalue weighted by atomic mass is 10.1. The summed E-state index contributed by atoms with van der Waals surface area (Å²) in [6, 6.07) is 10.1. The van der Waals surface area contributed by atoms with Crippen LogP contribution < -0.4 is 0 Å². The predicted molar refractivity (Wildman–Crippen MR) is 54.6 cm³/mol. The zero-order valence-electron chi connectivity index (χ0n) is 8.27. The molecule has 1 aromatic rings. The molecular formula is C12H14O2. The van der Waals surface area contributed by atoms with Crippen molar-refractivity contribution in [3.63, 3.8) is 0 Å². The first kappa shape index (κ1) is 9.13. The molecule has 1 fully saturated rings. The minimum atomic E-state index is 0.0639. The van der Waals surface area contributed by atoms with Crippen LogP contribution in [-0.4, -0.2) is 6.61 Å². The molecule has 0 aromatic heterocycles. The smallest absolute Gasteiger partial charge is 0.275 e. The maximum absolute atomic E-state index is 5.63. The molecule has 0 bridgehead atoms. The molecule has 0 radical (unpaired) electrons. The van der Waals surface area contributed by atoms with Gasteiger partial charge < -0.3 is 9.47 Å². The average Bonchev–Trinajstić information content (AvgIpc) is 2.68. The molecule has 2 rings (SSSR count). The van der Waals surface area contributed by atoms with E-state index in [-0.39, 0.29) is 6.10 Å². The van der Waals surface area contributed by atoms with Gasteiger partial charge in [-0.15, -0.1) is 0 Å². The second-order valence-corrected chi connectivity index (χ2v) is 3.26. The number of benzene rings is 1. The van der Waals surface area contributed by atoms with Crippen molar-refractivity contribution in [3.05, 3.63) is 47.9 Å². The Kier molecular flexibility index (Phi) is 2.73. The molecule has 1 unspecified atom stereocenters. The van der Waals surface area contributed by atoms with Crippen LogP contribution in [0, 0.1) is 0 Å². The van der Waals surface area contributed by atoms with Crippen LogP contribution in [0.2, 0.25) is 0 Å². The van der Waals surface area contributed by atoms with Crippen LogP contribution in [0.4, 0.5) is 0 Å². The molecule has 0 amide bonds.